The van der Waals surface area contributed by atoms with Crippen molar-refractivity contribution in [2.75, 3.05) is 18.5 Å². The van der Waals surface area contributed by atoms with E-state index in [2.05, 4.69) is 31.1 Å². The molecule has 1 aliphatic carbocycles. The number of halogens is 1. The van der Waals surface area contributed by atoms with E-state index in [1.807, 2.05) is 6.07 Å². The first-order valence-corrected chi connectivity index (χ1v) is 7.83. The zero-order chi connectivity index (χ0) is 14.5. The molecule has 0 saturated heterocycles. The van der Waals surface area contributed by atoms with Crippen LogP contribution in [0.2, 0.25) is 0 Å². The topological polar surface area (TPSA) is 15.3 Å². The number of hydrogen-bond donors (Lipinski definition) is 1. The Morgan fingerprint density at radius 2 is 2.15 bits per heavy atom. The van der Waals surface area contributed by atoms with Crippen LogP contribution >= 0.6 is 0 Å². The molecule has 1 saturated carbocycles. The monoisotopic (exact) mass is 278 g/mol. The van der Waals surface area contributed by atoms with Crippen molar-refractivity contribution in [3.05, 3.63) is 29.6 Å². The van der Waals surface area contributed by atoms with Crippen molar-refractivity contribution >= 4 is 5.69 Å². The van der Waals surface area contributed by atoms with Gasteiger partial charge in [0.15, 0.2) is 0 Å². The molecule has 1 aromatic carbocycles. The second kappa shape index (κ2) is 7.07. The van der Waals surface area contributed by atoms with Crippen LogP contribution < -0.4 is 10.2 Å². The highest BCUT2D eigenvalue weighted by molar-refractivity contribution is 5.54. The first-order chi connectivity index (χ1) is 9.61. The molecule has 2 nitrogen and oxygen atoms in total. The van der Waals surface area contributed by atoms with Gasteiger partial charge in [-0.05, 0) is 49.1 Å². The number of rotatable bonds is 5. The maximum atomic E-state index is 13.5. The fourth-order valence-corrected chi connectivity index (χ4v) is 3.25. The molecule has 0 heterocycles. The number of nitrogens with one attached hydrogen (secondary N) is 1. The van der Waals surface area contributed by atoms with Crippen LogP contribution in [-0.2, 0) is 6.54 Å². The summed E-state index contributed by atoms with van der Waals surface area (Å²) in [6.07, 6.45) is 5.14. The van der Waals surface area contributed by atoms with E-state index in [-0.39, 0.29) is 5.82 Å². The minimum atomic E-state index is -0.146. The molecule has 1 N–H and O–H groups in total. The van der Waals surface area contributed by atoms with Gasteiger partial charge in [-0.3, -0.25) is 0 Å². The Morgan fingerprint density at radius 3 is 2.85 bits per heavy atom. The Labute approximate surface area is 122 Å². The second-order valence-electron chi connectivity index (χ2n) is 6.09. The second-order valence-corrected chi connectivity index (χ2v) is 6.09. The Kier molecular flexibility index (Phi) is 5.41. The van der Waals surface area contributed by atoms with Crippen molar-refractivity contribution in [1.29, 1.82) is 0 Å². The molecular weight excluding hydrogens is 251 g/mol. The van der Waals surface area contributed by atoms with Crippen molar-refractivity contribution in [2.45, 2.75) is 52.1 Å². The molecule has 2 rings (SSSR count). The SMILES string of the molecule is CCNCc1cc(F)ccc1N(C)C1CCCC(C)C1. The molecule has 0 aliphatic heterocycles. The van der Waals surface area contributed by atoms with E-state index in [4.69, 9.17) is 0 Å². The van der Waals surface area contributed by atoms with Gasteiger partial charge in [0, 0.05) is 25.3 Å². The molecular formula is C17H27FN2. The van der Waals surface area contributed by atoms with Crippen LogP contribution in [0.5, 0.6) is 0 Å². The summed E-state index contributed by atoms with van der Waals surface area (Å²) in [5.74, 6) is 0.654. The normalized spacial score (nSPS) is 22.8. The molecule has 0 bridgehead atoms. The lowest BCUT2D eigenvalue weighted by Crippen LogP contribution is -2.36. The number of nitrogens with zero attached hydrogens (tertiary/aromatic N) is 1. The summed E-state index contributed by atoms with van der Waals surface area (Å²) in [6.45, 7) is 6.05. The van der Waals surface area contributed by atoms with Crippen molar-refractivity contribution in [3.8, 4) is 0 Å². The Balaban J connectivity index is 2.17. The molecule has 0 amide bonds. The fourth-order valence-electron chi connectivity index (χ4n) is 3.25. The minimum absolute atomic E-state index is 0.146. The standard InChI is InChI=1S/C17H27FN2/c1-4-19-12-14-11-15(18)8-9-17(14)20(3)16-7-5-6-13(2)10-16/h8-9,11,13,16,19H,4-7,10,12H2,1-3H3. The molecule has 0 aromatic heterocycles. The molecule has 112 valence electrons. The van der Waals surface area contributed by atoms with Crippen LogP contribution in [0.3, 0.4) is 0 Å². The average Bonchev–Trinajstić information content (AvgIpc) is 2.44. The lowest BCUT2D eigenvalue weighted by molar-refractivity contribution is 0.336. The molecule has 1 aromatic rings. The summed E-state index contributed by atoms with van der Waals surface area (Å²) in [4.78, 5) is 2.36. The van der Waals surface area contributed by atoms with E-state index in [1.54, 1.807) is 12.1 Å². The van der Waals surface area contributed by atoms with E-state index in [1.165, 1.54) is 31.4 Å². The van der Waals surface area contributed by atoms with Crippen molar-refractivity contribution < 1.29 is 4.39 Å². The van der Waals surface area contributed by atoms with E-state index in [0.29, 0.717) is 6.04 Å². The summed E-state index contributed by atoms with van der Waals surface area (Å²) in [5, 5.41) is 3.31. The van der Waals surface area contributed by atoms with Crippen molar-refractivity contribution in [1.82, 2.24) is 5.32 Å². The predicted molar refractivity (Wildman–Crippen MR) is 83.6 cm³/mol. The van der Waals surface area contributed by atoms with Gasteiger partial charge in [0.1, 0.15) is 5.82 Å². The number of anilines is 1. The number of benzene rings is 1. The van der Waals surface area contributed by atoms with Crippen LogP contribution in [0, 0.1) is 11.7 Å². The van der Waals surface area contributed by atoms with Gasteiger partial charge in [-0.25, -0.2) is 4.39 Å². The summed E-state index contributed by atoms with van der Waals surface area (Å²) < 4.78 is 13.5. The quantitative estimate of drug-likeness (QED) is 0.877. The third-order valence-corrected chi connectivity index (χ3v) is 4.44. The first kappa shape index (κ1) is 15.3. The number of hydrogen-bond acceptors (Lipinski definition) is 2. The summed E-state index contributed by atoms with van der Waals surface area (Å²) >= 11 is 0. The van der Waals surface area contributed by atoms with Crippen LogP contribution in [0.1, 0.15) is 45.1 Å². The zero-order valence-corrected chi connectivity index (χ0v) is 13.0. The van der Waals surface area contributed by atoms with E-state index >= 15 is 0 Å². The fraction of sp³-hybridized carbons (Fsp3) is 0.647. The van der Waals surface area contributed by atoms with Gasteiger partial charge in [-0.15, -0.1) is 0 Å². The summed E-state index contributed by atoms with van der Waals surface area (Å²) in [5.41, 5.74) is 2.24. The maximum Gasteiger partial charge on any atom is 0.123 e. The van der Waals surface area contributed by atoms with Gasteiger partial charge >= 0.3 is 0 Å². The van der Waals surface area contributed by atoms with E-state index < -0.39 is 0 Å². The first-order valence-electron chi connectivity index (χ1n) is 7.83. The van der Waals surface area contributed by atoms with Gasteiger partial charge in [-0.1, -0.05) is 26.7 Å². The molecule has 0 radical (unpaired) electrons. The van der Waals surface area contributed by atoms with Crippen LogP contribution in [0.4, 0.5) is 10.1 Å². The molecule has 1 aliphatic rings. The Morgan fingerprint density at radius 1 is 1.35 bits per heavy atom. The minimum Gasteiger partial charge on any atom is -0.371 e. The van der Waals surface area contributed by atoms with E-state index in [0.717, 1.165) is 24.6 Å². The van der Waals surface area contributed by atoms with Gasteiger partial charge in [0.2, 0.25) is 0 Å². The van der Waals surface area contributed by atoms with Gasteiger partial charge in [-0.2, -0.15) is 0 Å². The third-order valence-electron chi connectivity index (χ3n) is 4.44. The largest absolute Gasteiger partial charge is 0.371 e. The Bertz CT molecular complexity index is 433. The highest BCUT2D eigenvalue weighted by Gasteiger charge is 2.23. The third kappa shape index (κ3) is 3.72. The predicted octanol–water partition coefficient (Wildman–Crippen LogP) is 3.95. The summed E-state index contributed by atoms with van der Waals surface area (Å²) in [7, 11) is 2.16. The van der Waals surface area contributed by atoms with Crippen molar-refractivity contribution in [2.24, 2.45) is 5.92 Å². The lowest BCUT2D eigenvalue weighted by atomic mass is 9.86. The van der Waals surface area contributed by atoms with Gasteiger partial charge in [0.25, 0.3) is 0 Å². The van der Waals surface area contributed by atoms with Gasteiger partial charge in [0.05, 0.1) is 0 Å². The molecule has 1 fully saturated rings. The molecule has 0 spiro atoms. The molecule has 2 unspecified atom stereocenters. The molecule has 20 heavy (non-hydrogen) atoms. The molecule has 2 atom stereocenters. The van der Waals surface area contributed by atoms with Gasteiger partial charge < -0.3 is 10.2 Å². The van der Waals surface area contributed by atoms with Crippen molar-refractivity contribution in [3.63, 3.8) is 0 Å². The molecule has 3 heteroatoms. The highest BCUT2D eigenvalue weighted by atomic mass is 19.1. The lowest BCUT2D eigenvalue weighted by Gasteiger charge is -2.36. The highest BCUT2D eigenvalue weighted by Crippen LogP contribution is 2.31. The maximum absolute atomic E-state index is 13.5. The van der Waals surface area contributed by atoms with E-state index in [9.17, 15) is 4.39 Å². The smallest absolute Gasteiger partial charge is 0.123 e. The Hall–Kier alpha value is -1.09. The zero-order valence-electron chi connectivity index (χ0n) is 13.0. The average molecular weight is 278 g/mol. The van der Waals surface area contributed by atoms with Crippen LogP contribution in [0.15, 0.2) is 18.2 Å². The summed E-state index contributed by atoms with van der Waals surface area (Å²) in [6, 6.07) is 5.76. The van der Waals surface area contributed by atoms with Crippen LogP contribution in [-0.4, -0.2) is 19.6 Å². The van der Waals surface area contributed by atoms with Crippen LogP contribution in [0.25, 0.3) is 0 Å².